The SMILES string of the molecule is CCNc1cnc(CN2C(=O)CC(C)C2=O)cn1. The zero-order chi connectivity index (χ0) is 13.1. The molecule has 2 rings (SSSR count). The fourth-order valence-corrected chi connectivity index (χ4v) is 1.89. The summed E-state index contributed by atoms with van der Waals surface area (Å²) < 4.78 is 0. The zero-order valence-corrected chi connectivity index (χ0v) is 10.5. The normalized spacial score (nSPS) is 19.4. The molecule has 1 aliphatic heterocycles. The van der Waals surface area contributed by atoms with Crippen molar-refractivity contribution in [3.63, 3.8) is 0 Å². The number of nitrogens with zero attached hydrogens (tertiary/aromatic N) is 3. The number of carbonyl (C=O) groups is 2. The third-order valence-corrected chi connectivity index (χ3v) is 2.85. The maximum Gasteiger partial charge on any atom is 0.232 e. The van der Waals surface area contributed by atoms with Gasteiger partial charge < -0.3 is 5.32 Å². The topological polar surface area (TPSA) is 75.2 Å². The number of hydrogen-bond donors (Lipinski definition) is 1. The van der Waals surface area contributed by atoms with Crippen LogP contribution in [0, 0.1) is 5.92 Å². The maximum atomic E-state index is 11.7. The number of amides is 2. The number of rotatable bonds is 4. The summed E-state index contributed by atoms with van der Waals surface area (Å²) in [4.78, 5) is 32.9. The second kappa shape index (κ2) is 5.12. The average Bonchev–Trinajstić information content (AvgIpc) is 2.59. The molecule has 0 radical (unpaired) electrons. The first-order valence-electron chi connectivity index (χ1n) is 6.00. The van der Waals surface area contributed by atoms with Gasteiger partial charge in [0, 0.05) is 18.9 Å². The highest BCUT2D eigenvalue weighted by Crippen LogP contribution is 2.20. The quantitative estimate of drug-likeness (QED) is 0.798. The molecule has 6 nitrogen and oxygen atoms in total. The molecule has 1 aromatic heterocycles. The van der Waals surface area contributed by atoms with Crippen molar-refractivity contribution in [2.45, 2.75) is 26.8 Å². The lowest BCUT2D eigenvalue weighted by Gasteiger charge is -2.13. The van der Waals surface area contributed by atoms with E-state index in [9.17, 15) is 9.59 Å². The number of imide groups is 1. The van der Waals surface area contributed by atoms with Gasteiger partial charge in [-0.2, -0.15) is 0 Å². The molecule has 18 heavy (non-hydrogen) atoms. The number of likely N-dealkylation sites (tertiary alicyclic amines) is 1. The van der Waals surface area contributed by atoms with E-state index in [4.69, 9.17) is 0 Å². The zero-order valence-electron chi connectivity index (χ0n) is 10.5. The Kier molecular flexibility index (Phi) is 3.55. The van der Waals surface area contributed by atoms with E-state index in [0.717, 1.165) is 6.54 Å². The summed E-state index contributed by atoms with van der Waals surface area (Å²) in [6.45, 7) is 4.72. The van der Waals surface area contributed by atoms with Crippen molar-refractivity contribution in [3.05, 3.63) is 18.1 Å². The third-order valence-electron chi connectivity index (χ3n) is 2.85. The molecule has 1 atom stereocenters. The summed E-state index contributed by atoms with van der Waals surface area (Å²) in [5.41, 5.74) is 0.618. The molecule has 0 bridgehead atoms. The summed E-state index contributed by atoms with van der Waals surface area (Å²) in [7, 11) is 0. The molecule has 1 unspecified atom stereocenters. The molecule has 6 heteroatoms. The van der Waals surface area contributed by atoms with Gasteiger partial charge in [-0.3, -0.25) is 19.5 Å². The third kappa shape index (κ3) is 2.47. The molecule has 1 fully saturated rings. The van der Waals surface area contributed by atoms with Crippen LogP contribution < -0.4 is 5.32 Å². The van der Waals surface area contributed by atoms with E-state index in [1.807, 2.05) is 6.92 Å². The molecule has 0 aliphatic carbocycles. The van der Waals surface area contributed by atoms with Gasteiger partial charge in [0.25, 0.3) is 0 Å². The van der Waals surface area contributed by atoms with E-state index in [1.54, 1.807) is 19.3 Å². The molecule has 0 saturated carbocycles. The number of nitrogens with one attached hydrogen (secondary N) is 1. The van der Waals surface area contributed by atoms with E-state index in [-0.39, 0.29) is 24.3 Å². The van der Waals surface area contributed by atoms with Crippen LogP contribution in [-0.2, 0) is 16.1 Å². The second-order valence-electron chi connectivity index (χ2n) is 4.35. The minimum Gasteiger partial charge on any atom is -0.369 e. The van der Waals surface area contributed by atoms with Crippen molar-refractivity contribution in [1.82, 2.24) is 14.9 Å². The summed E-state index contributed by atoms with van der Waals surface area (Å²) in [6.07, 6.45) is 3.48. The fourth-order valence-electron chi connectivity index (χ4n) is 1.89. The van der Waals surface area contributed by atoms with Crippen molar-refractivity contribution in [1.29, 1.82) is 0 Å². The molecule has 2 heterocycles. The highest BCUT2D eigenvalue weighted by Gasteiger charge is 2.35. The largest absolute Gasteiger partial charge is 0.369 e. The molecule has 96 valence electrons. The number of carbonyl (C=O) groups excluding carboxylic acids is 2. The van der Waals surface area contributed by atoms with Crippen molar-refractivity contribution >= 4 is 17.6 Å². The van der Waals surface area contributed by atoms with E-state index in [1.165, 1.54) is 4.90 Å². The predicted molar refractivity (Wildman–Crippen MR) is 65.5 cm³/mol. The fraction of sp³-hybridized carbons (Fsp3) is 0.500. The van der Waals surface area contributed by atoms with Gasteiger partial charge in [0.2, 0.25) is 11.8 Å². The summed E-state index contributed by atoms with van der Waals surface area (Å²) in [5.74, 6) is 0.211. The van der Waals surface area contributed by atoms with Crippen molar-refractivity contribution in [2.24, 2.45) is 5.92 Å². The van der Waals surface area contributed by atoms with Crippen LogP contribution in [-0.4, -0.2) is 33.2 Å². The lowest BCUT2D eigenvalue weighted by Crippen LogP contribution is -2.30. The van der Waals surface area contributed by atoms with Gasteiger partial charge in [-0.1, -0.05) is 6.92 Å². The van der Waals surface area contributed by atoms with Crippen LogP contribution in [0.4, 0.5) is 5.82 Å². The van der Waals surface area contributed by atoms with Gasteiger partial charge in [0.1, 0.15) is 5.82 Å². The van der Waals surface area contributed by atoms with Gasteiger partial charge in [-0.15, -0.1) is 0 Å². The summed E-state index contributed by atoms with van der Waals surface area (Å²) >= 11 is 0. The lowest BCUT2D eigenvalue weighted by molar-refractivity contribution is -0.140. The Morgan fingerprint density at radius 1 is 1.39 bits per heavy atom. The molecule has 2 amide bonds. The van der Waals surface area contributed by atoms with Crippen LogP contribution in [0.1, 0.15) is 26.0 Å². The van der Waals surface area contributed by atoms with Crippen LogP contribution in [0.5, 0.6) is 0 Å². The Balaban J connectivity index is 2.05. The Bertz CT molecular complexity index is 458. The molecule has 1 N–H and O–H groups in total. The Hall–Kier alpha value is -1.98. The van der Waals surface area contributed by atoms with E-state index >= 15 is 0 Å². The van der Waals surface area contributed by atoms with E-state index in [2.05, 4.69) is 15.3 Å². The minimum absolute atomic E-state index is 0.127. The highest BCUT2D eigenvalue weighted by molar-refractivity contribution is 6.03. The molecule has 1 aliphatic rings. The monoisotopic (exact) mass is 248 g/mol. The first-order chi connectivity index (χ1) is 8.61. The first-order valence-corrected chi connectivity index (χ1v) is 6.00. The highest BCUT2D eigenvalue weighted by atomic mass is 16.2. The van der Waals surface area contributed by atoms with Gasteiger partial charge in [-0.05, 0) is 6.92 Å². The van der Waals surface area contributed by atoms with Gasteiger partial charge >= 0.3 is 0 Å². The molecule has 1 aromatic rings. The van der Waals surface area contributed by atoms with Crippen molar-refractivity contribution in [2.75, 3.05) is 11.9 Å². The summed E-state index contributed by atoms with van der Waals surface area (Å²) in [5, 5.41) is 3.03. The van der Waals surface area contributed by atoms with Gasteiger partial charge in [-0.25, -0.2) is 4.98 Å². The van der Waals surface area contributed by atoms with E-state index < -0.39 is 0 Å². The van der Waals surface area contributed by atoms with Crippen LogP contribution in [0.2, 0.25) is 0 Å². The standard InChI is InChI=1S/C12H16N4O2/c1-3-13-10-6-14-9(5-15-10)7-16-11(17)4-8(2)12(16)18/h5-6,8H,3-4,7H2,1-2H3,(H,13,15). The van der Waals surface area contributed by atoms with Crippen LogP contribution in [0.3, 0.4) is 0 Å². The van der Waals surface area contributed by atoms with Crippen LogP contribution in [0.25, 0.3) is 0 Å². The van der Waals surface area contributed by atoms with Gasteiger partial charge in [0.05, 0.1) is 24.6 Å². The molecule has 1 saturated heterocycles. The maximum absolute atomic E-state index is 11.7. The van der Waals surface area contributed by atoms with Crippen molar-refractivity contribution < 1.29 is 9.59 Å². The minimum atomic E-state index is -0.216. The Morgan fingerprint density at radius 2 is 2.17 bits per heavy atom. The van der Waals surface area contributed by atoms with E-state index in [0.29, 0.717) is 17.9 Å². The van der Waals surface area contributed by atoms with Crippen LogP contribution >= 0.6 is 0 Å². The number of hydrogen-bond acceptors (Lipinski definition) is 5. The second-order valence-corrected chi connectivity index (χ2v) is 4.35. The average molecular weight is 248 g/mol. The Morgan fingerprint density at radius 3 is 2.67 bits per heavy atom. The molecule has 0 spiro atoms. The smallest absolute Gasteiger partial charge is 0.232 e. The predicted octanol–water partition coefficient (Wildman–Crippen LogP) is 0.803. The Labute approximate surface area is 105 Å². The first kappa shape index (κ1) is 12.5. The molecular weight excluding hydrogens is 232 g/mol. The lowest BCUT2D eigenvalue weighted by atomic mass is 10.1. The number of anilines is 1. The molecular formula is C12H16N4O2. The van der Waals surface area contributed by atoms with Gasteiger partial charge in [0.15, 0.2) is 0 Å². The summed E-state index contributed by atoms with van der Waals surface area (Å²) in [6, 6.07) is 0. The molecule has 0 aromatic carbocycles. The number of aromatic nitrogens is 2. The van der Waals surface area contributed by atoms with Crippen molar-refractivity contribution in [3.8, 4) is 0 Å². The van der Waals surface area contributed by atoms with Crippen LogP contribution in [0.15, 0.2) is 12.4 Å².